The molecule has 1 aromatic carbocycles. The number of benzene rings is 1. The van der Waals surface area contributed by atoms with Crippen LogP contribution < -0.4 is 5.32 Å². The number of anilines is 1. The zero-order valence-corrected chi connectivity index (χ0v) is 14.4. The number of aromatic hydroxyl groups is 1. The maximum absolute atomic E-state index is 11.9. The fraction of sp³-hybridized carbons (Fsp3) is 0.579. The van der Waals surface area contributed by atoms with E-state index in [2.05, 4.69) is 12.2 Å². The van der Waals surface area contributed by atoms with Crippen LogP contribution in [-0.2, 0) is 9.59 Å². The number of carbonyl (C=O) groups excluding carboxylic acids is 2. The molecule has 1 amide bonds. The zero-order chi connectivity index (χ0) is 17.1. The molecular weight excluding hydrogens is 290 g/mol. The molecule has 0 saturated carbocycles. The second-order valence-corrected chi connectivity index (χ2v) is 6.16. The normalized spacial score (nSPS) is 10.5. The lowest BCUT2D eigenvalue weighted by Gasteiger charge is -2.08. The molecule has 4 nitrogen and oxygen atoms in total. The standard InChI is InChI=1S/C19H29NO3/c1-3-4-5-6-7-8-9-10-16(21)14-19(23)20-17-13-15(2)11-12-18(17)22/h11-13,22H,3-10,14H2,1-2H3,(H,20,23). The van der Waals surface area contributed by atoms with Gasteiger partial charge in [-0.15, -0.1) is 0 Å². The van der Waals surface area contributed by atoms with Crippen LogP contribution in [0.4, 0.5) is 5.69 Å². The van der Waals surface area contributed by atoms with Crippen molar-refractivity contribution in [1.82, 2.24) is 0 Å². The summed E-state index contributed by atoms with van der Waals surface area (Å²) >= 11 is 0. The first-order valence-electron chi connectivity index (χ1n) is 8.64. The van der Waals surface area contributed by atoms with Crippen molar-refractivity contribution in [2.45, 2.75) is 71.6 Å². The lowest BCUT2D eigenvalue weighted by molar-refractivity contribution is -0.125. The Morgan fingerprint density at radius 2 is 1.70 bits per heavy atom. The summed E-state index contributed by atoms with van der Waals surface area (Å²) in [5, 5.41) is 12.3. The number of nitrogens with one attached hydrogen (secondary N) is 1. The minimum Gasteiger partial charge on any atom is -0.506 e. The third-order valence-corrected chi connectivity index (χ3v) is 3.84. The second-order valence-electron chi connectivity index (χ2n) is 6.16. The van der Waals surface area contributed by atoms with Crippen LogP contribution in [-0.4, -0.2) is 16.8 Å². The molecule has 0 unspecified atom stereocenters. The molecule has 0 atom stereocenters. The van der Waals surface area contributed by atoms with Crippen LogP contribution in [0.15, 0.2) is 18.2 Å². The van der Waals surface area contributed by atoms with Gasteiger partial charge in [-0.2, -0.15) is 0 Å². The van der Waals surface area contributed by atoms with Crippen molar-refractivity contribution >= 4 is 17.4 Å². The summed E-state index contributed by atoms with van der Waals surface area (Å²) in [6, 6.07) is 4.98. The molecule has 23 heavy (non-hydrogen) atoms. The van der Waals surface area contributed by atoms with Crippen LogP contribution in [0.1, 0.15) is 70.3 Å². The van der Waals surface area contributed by atoms with Crippen molar-refractivity contribution in [3.8, 4) is 5.75 Å². The molecule has 0 heterocycles. The van der Waals surface area contributed by atoms with E-state index >= 15 is 0 Å². The maximum Gasteiger partial charge on any atom is 0.231 e. The second kappa shape index (κ2) is 10.8. The summed E-state index contributed by atoms with van der Waals surface area (Å²) < 4.78 is 0. The Balaban J connectivity index is 2.21. The van der Waals surface area contributed by atoms with E-state index in [0.29, 0.717) is 12.1 Å². The van der Waals surface area contributed by atoms with Gasteiger partial charge < -0.3 is 10.4 Å². The Kier molecular flexibility index (Phi) is 9.03. The van der Waals surface area contributed by atoms with Gasteiger partial charge in [0.1, 0.15) is 11.5 Å². The van der Waals surface area contributed by atoms with Gasteiger partial charge in [-0.3, -0.25) is 9.59 Å². The van der Waals surface area contributed by atoms with E-state index in [9.17, 15) is 14.7 Å². The van der Waals surface area contributed by atoms with Crippen LogP contribution in [0, 0.1) is 6.92 Å². The van der Waals surface area contributed by atoms with Gasteiger partial charge in [-0.25, -0.2) is 0 Å². The molecule has 0 saturated heterocycles. The molecule has 0 spiro atoms. The van der Waals surface area contributed by atoms with Crippen LogP contribution >= 0.6 is 0 Å². The SMILES string of the molecule is CCCCCCCCCC(=O)CC(=O)Nc1cc(C)ccc1O. The first-order chi connectivity index (χ1) is 11.0. The number of aryl methyl sites for hydroxylation is 1. The Morgan fingerprint density at radius 1 is 1.04 bits per heavy atom. The van der Waals surface area contributed by atoms with Crippen molar-refractivity contribution in [3.05, 3.63) is 23.8 Å². The molecule has 0 aliphatic carbocycles. The molecule has 0 bridgehead atoms. The van der Waals surface area contributed by atoms with Gasteiger partial charge in [0.25, 0.3) is 0 Å². The van der Waals surface area contributed by atoms with Gasteiger partial charge in [0.2, 0.25) is 5.91 Å². The fourth-order valence-electron chi connectivity index (χ4n) is 2.49. The predicted molar refractivity (Wildman–Crippen MR) is 93.7 cm³/mol. The molecule has 128 valence electrons. The van der Waals surface area contributed by atoms with E-state index in [0.717, 1.165) is 24.8 Å². The Hall–Kier alpha value is -1.84. The average Bonchev–Trinajstić information content (AvgIpc) is 2.50. The van der Waals surface area contributed by atoms with Crippen molar-refractivity contribution in [1.29, 1.82) is 0 Å². The number of Topliss-reactive ketones (excluding diaryl/α,β-unsaturated/α-hetero) is 1. The lowest BCUT2D eigenvalue weighted by atomic mass is 10.1. The van der Waals surface area contributed by atoms with Crippen molar-refractivity contribution in [2.24, 2.45) is 0 Å². The highest BCUT2D eigenvalue weighted by Crippen LogP contribution is 2.24. The van der Waals surface area contributed by atoms with E-state index in [1.807, 2.05) is 6.92 Å². The summed E-state index contributed by atoms with van der Waals surface area (Å²) in [5.41, 5.74) is 1.30. The number of amides is 1. The van der Waals surface area contributed by atoms with Crippen LogP contribution in [0.3, 0.4) is 0 Å². The van der Waals surface area contributed by atoms with E-state index in [4.69, 9.17) is 0 Å². The molecule has 2 N–H and O–H groups in total. The summed E-state index contributed by atoms with van der Waals surface area (Å²) in [4.78, 5) is 23.7. The highest BCUT2D eigenvalue weighted by Gasteiger charge is 2.11. The molecule has 0 radical (unpaired) electrons. The number of hydrogen-bond acceptors (Lipinski definition) is 3. The molecule has 1 aromatic rings. The highest BCUT2D eigenvalue weighted by atomic mass is 16.3. The topological polar surface area (TPSA) is 66.4 Å². The summed E-state index contributed by atoms with van der Waals surface area (Å²) in [6.45, 7) is 4.07. The first-order valence-corrected chi connectivity index (χ1v) is 8.64. The lowest BCUT2D eigenvalue weighted by Crippen LogP contribution is -2.16. The third kappa shape index (κ3) is 8.38. The fourth-order valence-corrected chi connectivity index (χ4v) is 2.49. The number of phenols is 1. The smallest absolute Gasteiger partial charge is 0.231 e. The molecular formula is C19H29NO3. The number of phenolic OH excluding ortho intramolecular Hbond substituents is 1. The van der Waals surface area contributed by atoms with E-state index < -0.39 is 0 Å². The monoisotopic (exact) mass is 319 g/mol. The number of unbranched alkanes of at least 4 members (excludes halogenated alkanes) is 6. The van der Waals surface area contributed by atoms with Crippen LogP contribution in [0.25, 0.3) is 0 Å². The number of hydrogen-bond donors (Lipinski definition) is 2. The minimum atomic E-state index is -0.362. The first kappa shape index (κ1) is 19.2. The molecule has 0 aliphatic rings. The van der Waals surface area contributed by atoms with Crippen molar-refractivity contribution in [3.63, 3.8) is 0 Å². The molecule has 0 aromatic heterocycles. The Labute approximate surface area is 139 Å². The highest BCUT2D eigenvalue weighted by molar-refractivity contribution is 6.04. The van der Waals surface area contributed by atoms with Gasteiger partial charge >= 0.3 is 0 Å². The average molecular weight is 319 g/mol. The van der Waals surface area contributed by atoms with Crippen LogP contribution in [0.2, 0.25) is 0 Å². The van der Waals surface area contributed by atoms with Crippen LogP contribution in [0.5, 0.6) is 5.75 Å². The number of carbonyl (C=O) groups is 2. The quantitative estimate of drug-likeness (QED) is 0.352. The Bertz CT molecular complexity index is 511. The molecule has 1 rings (SSSR count). The molecule has 0 aliphatic heterocycles. The van der Waals surface area contributed by atoms with Gasteiger partial charge in [-0.05, 0) is 31.0 Å². The summed E-state index contributed by atoms with van der Waals surface area (Å²) in [6.07, 6.45) is 8.43. The maximum atomic E-state index is 11.9. The zero-order valence-electron chi connectivity index (χ0n) is 14.4. The van der Waals surface area contributed by atoms with Gasteiger partial charge in [0.15, 0.2) is 0 Å². The Morgan fingerprint density at radius 3 is 2.39 bits per heavy atom. The number of rotatable bonds is 11. The van der Waals surface area contributed by atoms with E-state index in [1.165, 1.54) is 31.7 Å². The summed E-state index contributed by atoms with van der Waals surface area (Å²) in [5.74, 6) is -0.384. The molecule has 4 heteroatoms. The summed E-state index contributed by atoms with van der Waals surface area (Å²) in [7, 11) is 0. The van der Waals surface area contributed by atoms with E-state index in [-0.39, 0.29) is 23.9 Å². The minimum absolute atomic E-state index is 0.0171. The van der Waals surface area contributed by atoms with E-state index in [1.54, 1.807) is 12.1 Å². The predicted octanol–water partition coefficient (Wildman–Crippen LogP) is 4.74. The van der Waals surface area contributed by atoms with Gasteiger partial charge in [0.05, 0.1) is 12.1 Å². The van der Waals surface area contributed by atoms with Gasteiger partial charge in [-0.1, -0.05) is 51.5 Å². The number of ketones is 1. The third-order valence-electron chi connectivity index (χ3n) is 3.84. The van der Waals surface area contributed by atoms with Crippen molar-refractivity contribution in [2.75, 3.05) is 5.32 Å². The largest absolute Gasteiger partial charge is 0.506 e. The van der Waals surface area contributed by atoms with Crippen molar-refractivity contribution < 1.29 is 14.7 Å². The molecule has 0 fully saturated rings. The van der Waals surface area contributed by atoms with Gasteiger partial charge in [0, 0.05) is 6.42 Å².